The molecule has 0 aliphatic carbocycles. The van der Waals surface area contributed by atoms with Crippen LogP contribution < -0.4 is 10.6 Å². The first-order valence-corrected chi connectivity index (χ1v) is 9.10. The summed E-state index contributed by atoms with van der Waals surface area (Å²) in [7, 11) is 0. The lowest BCUT2D eigenvalue weighted by Gasteiger charge is -2.13. The molecule has 1 aromatic carbocycles. The molecule has 6 nitrogen and oxygen atoms in total. The van der Waals surface area contributed by atoms with Crippen LogP contribution in [0.4, 0.5) is 5.69 Å². The Bertz CT molecular complexity index is 987. The van der Waals surface area contributed by atoms with E-state index in [9.17, 15) is 9.59 Å². The zero-order valence-electron chi connectivity index (χ0n) is 15.9. The summed E-state index contributed by atoms with van der Waals surface area (Å²) in [6, 6.07) is 11.1. The Balaban J connectivity index is 1.72. The Kier molecular flexibility index (Phi) is 6.11. The zero-order valence-corrected chi connectivity index (χ0v) is 15.9. The van der Waals surface area contributed by atoms with E-state index < -0.39 is 0 Å². The minimum Gasteiger partial charge on any atom is -0.348 e. The molecule has 0 aliphatic rings. The third-order valence-electron chi connectivity index (χ3n) is 4.42. The molecule has 0 spiro atoms. The fourth-order valence-electron chi connectivity index (χ4n) is 2.86. The van der Waals surface area contributed by atoms with Gasteiger partial charge in [-0.15, -0.1) is 0 Å². The van der Waals surface area contributed by atoms with Crippen LogP contribution in [-0.4, -0.2) is 21.8 Å². The number of aryl methyl sites for hydroxylation is 2. The van der Waals surface area contributed by atoms with Gasteiger partial charge in [-0.2, -0.15) is 0 Å². The first-order valence-electron chi connectivity index (χ1n) is 9.10. The molecule has 3 rings (SSSR count). The number of rotatable bonds is 6. The van der Waals surface area contributed by atoms with Gasteiger partial charge in [0.05, 0.1) is 11.1 Å². The minimum absolute atomic E-state index is 0.293. The van der Waals surface area contributed by atoms with Crippen molar-refractivity contribution in [1.82, 2.24) is 15.3 Å². The Morgan fingerprint density at radius 3 is 2.46 bits per heavy atom. The first kappa shape index (κ1) is 19.2. The number of hydrogen-bond acceptors (Lipinski definition) is 4. The van der Waals surface area contributed by atoms with Gasteiger partial charge < -0.3 is 10.6 Å². The molecule has 0 aliphatic heterocycles. The van der Waals surface area contributed by atoms with Gasteiger partial charge in [-0.25, -0.2) is 0 Å². The Labute approximate surface area is 164 Å². The first-order chi connectivity index (χ1) is 13.6. The van der Waals surface area contributed by atoms with E-state index in [1.54, 1.807) is 18.5 Å². The Morgan fingerprint density at radius 1 is 0.964 bits per heavy atom. The Hall–Kier alpha value is -3.54. The fourth-order valence-corrected chi connectivity index (χ4v) is 2.86. The molecular weight excluding hydrogens is 352 g/mol. The molecule has 0 unspecified atom stereocenters. The van der Waals surface area contributed by atoms with Crippen molar-refractivity contribution in [1.29, 1.82) is 0 Å². The van der Waals surface area contributed by atoms with E-state index in [0.29, 0.717) is 17.7 Å². The van der Waals surface area contributed by atoms with E-state index in [2.05, 4.69) is 20.6 Å². The van der Waals surface area contributed by atoms with Gasteiger partial charge in [0.2, 0.25) is 0 Å². The fraction of sp³-hybridized carbons (Fsp3) is 0.182. The molecule has 28 heavy (non-hydrogen) atoms. The normalized spacial score (nSPS) is 10.4. The molecule has 2 heterocycles. The summed E-state index contributed by atoms with van der Waals surface area (Å²) in [6.45, 7) is 4.35. The monoisotopic (exact) mass is 374 g/mol. The molecule has 0 bridgehead atoms. The summed E-state index contributed by atoms with van der Waals surface area (Å²) in [6.07, 6.45) is 7.08. The van der Waals surface area contributed by atoms with E-state index in [4.69, 9.17) is 0 Å². The molecule has 0 saturated carbocycles. The predicted molar refractivity (Wildman–Crippen MR) is 108 cm³/mol. The van der Waals surface area contributed by atoms with Crippen LogP contribution >= 0.6 is 0 Å². The molecule has 3 aromatic rings. The highest BCUT2D eigenvalue weighted by molar-refractivity contribution is 6.06. The van der Waals surface area contributed by atoms with Crippen LogP contribution in [-0.2, 0) is 13.0 Å². The molecule has 0 fully saturated rings. The molecule has 0 radical (unpaired) electrons. The lowest BCUT2D eigenvalue weighted by molar-refractivity contribution is 0.0950. The van der Waals surface area contributed by atoms with E-state index in [1.165, 1.54) is 12.4 Å². The van der Waals surface area contributed by atoms with Crippen LogP contribution in [0.25, 0.3) is 0 Å². The second-order valence-corrected chi connectivity index (χ2v) is 6.42. The molecular formula is C22H22N4O2. The number of amides is 2. The number of carbonyl (C=O) groups excluding carboxylic acids is 2. The van der Waals surface area contributed by atoms with Gasteiger partial charge in [0, 0.05) is 37.0 Å². The number of anilines is 1. The average molecular weight is 374 g/mol. The van der Waals surface area contributed by atoms with Crippen LogP contribution in [0.2, 0.25) is 0 Å². The van der Waals surface area contributed by atoms with Gasteiger partial charge in [-0.3, -0.25) is 19.6 Å². The van der Waals surface area contributed by atoms with Crippen LogP contribution in [0.15, 0.2) is 61.2 Å². The molecule has 2 N–H and O–H groups in total. The molecule has 142 valence electrons. The van der Waals surface area contributed by atoms with Crippen LogP contribution in [0.1, 0.15) is 44.3 Å². The van der Waals surface area contributed by atoms with Crippen LogP contribution in [0.5, 0.6) is 0 Å². The molecule has 2 amide bonds. The maximum atomic E-state index is 12.7. The summed E-state index contributed by atoms with van der Waals surface area (Å²) < 4.78 is 0. The van der Waals surface area contributed by atoms with Gasteiger partial charge in [0.15, 0.2) is 0 Å². The van der Waals surface area contributed by atoms with Gasteiger partial charge in [0.1, 0.15) is 0 Å². The van der Waals surface area contributed by atoms with Crippen molar-refractivity contribution in [3.63, 3.8) is 0 Å². The molecule has 2 aromatic heterocycles. The number of nitrogens with one attached hydrogen (secondary N) is 2. The summed E-state index contributed by atoms with van der Waals surface area (Å²) in [5.41, 5.74) is 4.42. The SMILES string of the molecule is CCc1cccc(C)c1NC(=O)c1cncc(C(=O)NCc2cccnc2)c1. The lowest BCUT2D eigenvalue weighted by atomic mass is 10.1. The van der Waals surface area contributed by atoms with E-state index in [1.807, 2.05) is 44.2 Å². The number of pyridine rings is 2. The number of aromatic nitrogens is 2. The van der Waals surface area contributed by atoms with Crippen molar-refractivity contribution >= 4 is 17.5 Å². The third-order valence-corrected chi connectivity index (χ3v) is 4.42. The largest absolute Gasteiger partial charge is 0.348 e. The van der Waals surface area contributed by atoms with Crippen LogP contribution in [0.3, 0.4) is 0 Å². The topological polar surface area (TPSA) is 84.0 Å². The van der Waals surface area contributed by atoms with Gasteiger partial charge in [-0.05, 0) is 42.2 Å². The highest BCUT2D eigenvalue weighted by atomic mass is 16.2. The zero-order chi connectivity index (χ0) is 19.9. The average Bonchev–Trinajstić information content (AvgIpc) is 2.74. The number of carbonyl (C=O) groups is 2. The van der Waals surface area contributed by atoms with Crippen molar-refractivity contribution in [2.45, 2.75) is 26.8 Å². The summed E-state index contributed by atoms with van der Waals surface area (Å²) in [4.78, 5) is 33.2. The smallest absolute Gasteiger partial charge is 0.257 e. The third kappa shape index (κ3) is 4.59. The second kappa shape index (κ2) is 8.90. The number of nitrogens with zero attached hydrogens (tertiary/aromatic N) is 2. The van der Waals surface area contributed by atoms with Crippen molar-refractivity contribution in [3.8, 4) is 0 Å². The quantitative estimate of drug-likeness (QED) is 0.691. The number of benzene rings is 1. The van der Waals surface area contributed by atoms with Crippen LogP contribution in [0, 0.1) is 6.92 Å². The standard InChI is InChI=1S/C22H22N4O2/c1-3-17-8-4-6-15(2)20(17)26-22(28)19-10-18(13-24-14-19)21(27)25-12-16-7-5-9-23-11-16/h4-11,13-14H,3,12H2,1-2H3,(H,25,27)(H,26,28). The van der Waals surface area contributed by atoms with Gasteiger partial charge >= 0.3 is 0 Å². The molecule has 0 saturated heterocycles. The Morgan fingerprint density at radius 2 is 1.75 bits per heavy atom. The summed E-state index contributed by atoms with van der Waals surface area (Å²) in [5, 5.41) is 5.76. The van der Waals surface area contributed by atoms with Crippen molar-refractivity contribution in [2.24, 2.45) is 0 Å². The van der Waals surface area contributed by atoms with E-state index in [-0.39, 0.29) is 11.8 Å². The van der Waals surface area contributed by atoms with E-state index in [0.717, 1.165) is 28.8 Å². The van der Waals surface area contributed by atoms with Gasteiger partial charge in [0.25, 0.3) is 11.8 Å². The predicted octanol–water partition coefficient (Wildman–Crippen LogP) is 3.53. The minimum atomic E-state index is -0.295. The highest BCUT2D eigenvalue weighted by Crippen LogP contribution is 2.22. The van der Waals surface area contributed by atoms with Crippen molar-refractivity contribution in [3.05, 3.63) is 89.0 Å². The van der Waals surface area contributed by atoms with Gasteiger partial charge in [-0.1, -0.05) is 31.2 Å². The maximum Gasteiger partial charge on any atom is 0.257 e. The lowest BCUT2D eigenvalue weighted by Crippen LogP contribution is -2.24. The summed E-state index contributed by atoms with van der Waals surface area (Å²) >= 11 is 0. The maximum absolute atomic E-state index is 12.7. The second-order valence-electron chi connectivity index (χ2n) is 6.42. The number of hydrogen-bond donors (Lipinski definition) is 2. The number of para-hydroxylation sites is 1. The van der Waals surface area contributed by atoms with E-state index >= 15 is 0 Å². The van der Waals surface area contributed by atoms with Crippen molar-refractivity contribution in [2.75, 3.05) is 5.32 Å². The van der Waals surface area contributed by atoms with Crippen molar-refractivity contribution < 1.29 is 9.59 Å². The summed E-state index contributed by atoms with van der Waals surface area (Å²) in [5.74, 6) is -0.588. The highest BCUT2D eigenvalue weighted by Gasteiger charge is 2.14. The molecule has 0 atom stereocenters. The molecule has 6 heteroatoms.